The lowest BCUT2D eigenvalue weighted by atomic mass is 9.84. The van der Waals surface area contributed by atoms with Crippen LogP contribution in [0, 0.1) is 5.92 Å². The molecule has 0 aromatic heterocycles. The average Bonchev–Trinajstić information content (AvgIpc) is 2.80. The van der Waals surface area contributed by atoms with E-state index >= 15 is 0 Å². The van der Waals surface area contributed by atoms with Gasteiger partial charge in [-0.1, -0.05) is 27.7 Å². The van der Waals surface area contributed by atoms with Crippen LogP contribution >= 0.6 is 0 Å². The fourth-order valence-electron chi connectivity index (χ4n) is 4.17. The van der Waals surface area contributed by atoms with E-state index < -0.39 is 5.97 Å². The number of fused-ring (bicyclic) bond motifs is 2. The van der Waals surface area contributed by atoms with Crippen molar-refractivity contribution in [1.82, 2.24) is 0 Å². The molecule has 0 radical (unpaired) electrons. The van der Waals surface area contributed by atoms with Gasteiger partial charge in [-0.15, -0.1) is 0 Å². The van der Waals surface area contributed by atoms with Crippen LogP contribution in [0.25, 0.3) is 5.57 Å². The Morgan fingerprint density at radius 3 is 2.60 bits per heavy atom. The Kier molecular flexibility index (Phi) is 7.01. The van der Waals surface area contributed by atoms with E-state index in [4.69, 9.17) is 9.47 Å². The molecule has 1 aliphatic heterocycles. The summed E-state index contributed by atoms with van der Waals surface area (Å²) in [5.41, 5.74) is 3.90. The van der Waals surface area contributed by atoms with Gasteiger partial charge in [0.05, 0.1) is 6.61 Å². The van der Waals surface area contributed by atoms with E-state index in [1.165, 1.54) is 0 Å². The molecule has 30 heavy (non-hydrogen) atoms. The van der Waals surface area contributed by atoms with Crippen LogP contribution in [-0.4, -0.2) is 29.6 Å². The van der Waals surface area contributed by atoms with Gasteiger partial charge in [-0.25, -0.2) is 4.79 Å². The molecule has 0 spiro atoms. The van der Waals surface area contributed by atoms with Gasteiger partial charge in [0.1, 0.15) is 23.2 Å². The number of carbonyl (C=O) groups excluding carboxylic acids is 1. The zero-order valence-corrected chi connectivity index (χ0v) is 18.4. The highest BCUT2D eigenvalue weighted by Crippen LogP contribution is 2.44. The number of allylic oxidation sites excluding steroid dienone is 1. The lowest BCUT2D eigenvalue weighted by molar-refractivity contribution is -0.134. The first-order valence-corrected chi connectivity index (χ1v) is 11.0. The first-order valence-electron chi connectivity index (χ1n) is 11.0. The maximum absolute atomic E-state index is 12.5. The standard InChI is InChI=1S/C25H32O5/c1-5-11-29-22-14-23-18(12-16(22)6-2)17-9-7-8-10-21(26)20(25(27)28)13-19(17)24(30-23)15(3)4/h12-15,24H,5-11H2,1-4H3,(H,27,28)/b20-13+. The summed E-state index contributed by atoms with van der Waals surface area (Å²) in [6.45, 7) is 8.94. The van der Waals surface area contributed by atoms with Gasteiger partial charge in [0.15, 0.2) is 5.78 Å². The van der Waals surface area contributed by atoms with Crippen molar-refractivity contribution in [2.24, 2.45) is 5.92 Å². The summed E-state index contributed by atoms with van der Waals surface area (Å²) in [4.78, 5) is 24.3. The van der Waals surface area contributed by atoms with Crippen molar-refractivity contribution in [3.63, 3.8) is 0 Å². The van der Waals surface area contributed by atoms with E-state index in [0.29, 0.717) is 13.0 Å². The number of carbonyl (C=O) groups is 2. The van der Waals surface area contributed by atoms with Crippen molar-refractivity contribution >= 4 is 17.3 Å². The van der Waals surface area contributed by atoms with Crippen molar-refractivity contribution < 1.29 is 24.2 Å². The summed E-state index contributed by atoms with van der Waals surface area (Å²) in [6.07, 6.45) is 5.61. The van der Waals surface area contributed by atoms with Gasteiger partial charge < -0.3 is 14.6 Å². The second-order valence-corrected chi connectivity index (χ2v) is 8.37. The molecule has 0 fully saturated rings. The number of ether oxygens (including phenoxy) is 2. The second kappa shape index (κ2) is 9.50. The van der Waals surface area contributed by atoms with Crippen LogP contribution < -0.4 is 9.47 Å². The molecule has 2 aliphatic rings. The maximum Gasteiger partial charge on any atom is 0.339 e. The third-order valence-corrected chi connectivity index (χ3v) is 5.76. The van der Waals surface area contributed by atoms with E-state index in [2.05, 4.69) is 33.8 Å². The highest BCUT2D eigenvalue weighted by Gasteiger charge is 2.33. The number of carboxylic acids is 1. The molecule has 1 unspecified atom stereocenters. The summed E-state index contributed by atoms with van der Waals surface area (Å²) >= 11 is 0. The fourth-order valence-corrected chi connectivity index (χ4v) is 4.17. The number of carboxylic acid groups (broad SMARTS) is 1. The summed E-state index contributed by atoms with van der Waals surface area (Å²) in [6, 6.07) is 4.11. The van der Waals surface area contributed by atoms with Gasteiger partial charge in [0, 0.05) is 18.1 Å². The Balaban J connectivity index is 2.22. The Hall–Kier alpha value is -2.56. The van der Waals surface area contributed by atoms with Crippen LogP contribution in [0.1, 0.15) is 70.9 Å². The van der Waals surface area contributed by atoms with Gasteiger partial charge in [-0.2, -0.15) is 0 Å². The van der Waals surface area contributed by atoms with Gasteiger partial charge >= 0.3 is 5.97 Å². The lowest BCUT2D eigenvalue weighted by Crippen LogP contribution is -2.30. The lowest BCUT2D eigenvalue weighted by Gasteiger charge is -2.33. The minimum absolute atomic E-state index is 0.121. The summed E-state index contributed by atoms with van der Waals surface area (Å²) in [7, 11) is 0. The number of hydrogen-bond acceptors (Lipinski definition) is 4. The average molecular weight is 413 g/mol. The monoisotopic (exact) mass is 412 g/mol. The predicted octanol–water partition coefficient (Wildman–Crippen LogP) is 5.36. The van der Waals surface area contributed by atoms with E-state index in [0.717, 1.165) is 59.5 Å². The molecule has 162 valence electrons. The topological polar surface area (TPSA) is 72.8 Å². The first kappa shape index (κ1) is 22.1. The second-order valence-electron chi connectivity index (χ2n) is 8.37. The summed E-state index contributed by atoms with van der Waals surface area (Å²) < 4.78 is 12.4. The van der Waals surface area contributed by atoms with E-state index in [9.17, 15) is 14.7 Å². The van der Waals surface area contributed by atoms with Crippen molar-refractivity contribution in [2.45, 2.75) is 72.3 Å². The Bertz CT molecular complexity index is 891. The van der Waals surface area contributed by atoms with E-state index in [-0.39, 0.29) is 29.8 Å². The number of ketones is 1. The van der Waals surface area contributed by atoms with Crippen molar-refractivity contribution in [3.8, 4) is 11.5 Å². The van der Waals surface area contributed by atoms with Crippen LogP contribution in [0.2, 0.25) is 0 Å². The van der Waals surface area contributed by atoms with Gasteiger partial charge in [0.25, 0.3) is 0 Å². The molecule has 0 saturated carbocycles. The molecule has 1 aliphatic carbocycles. The minimum atomic E-state index is -1.17. The zero-order chi connectivity index (χ0) is 21.8. The summed E-state index contributed by atoms with van der Waals surface area (Å²) in [5, 5.41) is 9.66. The summed E-state index contributed by atoms with van der Waals surface area (Å²) in [5.74, 6) is 0.286. The number of hydrogen-bond donors (Lipinski definition) is 1. The zero-order valence-electron chi connectivity index (χ0n) is 18.4. The fraction of sp³-hybridized carbons (Fsp3) is 0.520. The van der Waals surface area contributed by atoms with Gasteiger partial charge in [-0.05, 0) is 66.9 Å². The molecule has 0 bridgehead atoms. The SMILES string of the molecule is CCCOc1cc2c(cc1CC)C1=C(/C=C(/C(=O)O)C(=O)CCCC1)C(C(C)C)O2. The molecule has 1 N–H and O–H groups in total. The molecule has 5 nitrogen and oxygen atoms in total. The predicted molar refractivity (Wildman–Crippen MR) is 117 cm³/mol. The molecule has 1 heterocycles. The number of benzene rings is 1. The van der Waals surface area contributed by atoms with Gasteiger partial charge in [0.2, 0.25) is 0 Å². The van der Waals surface area contributed by atoms with Crippen LogP contribution in [0.5, 0.6) is 11.5 Å². The maximum atomic E-state index is 12.5. The number of aliphatic carboxylic acids is 1. The molecule has 3 rings (SSSR count). The van der Waals surface area contributed by atoms with E-state index in [1.807, 2.05) is 6.07 Å². The molecule has 0 saturated heterocycles. The number of aryl methyl sites for hydroxylation is 1. The Morgan fingerprint density at radius 2 is 1.97 bits per heavy atom. The van der Waals surface area contributed by atoms with E-state index in [1.54, 1.807) is 6.08 Å². The molecule has 1 aromatic carbocycles. The molecule has 0 amide bonds. The quantitative estimate of drug-likeness (QED) is 0.637. The third kappa shape index (κ3) is 4.45. The molecule has 1 aromatic rings. The first-order chi connectivity index (χ1) is 14.4. The number of Topliss-reactive ketones (excluding diaryl/α,β-unsaturated/α-hetero) is 1. The largest absolute Gasteiger partial charge is 0.493 e. The molecular formula is C25H32O5. The number of rotatable bonds is 6. The Labute approximate surface area is 178 Å². The normalized spacial score (nSPS) is 20.9. The van der Waals surface area contributed by atoms with Crippen molar-refractivity contribution in [1.29, 1.82) is 0 Å². The van der Waals surface area contributed by atoms with Crippen molar-refractivity contribution in [3.05, 3.63) is 40.5 Å². The van der Waals surface area contributed by atoms with Crippen LogP contribution in [-0.2, 0) is 16.0 Å². The highest BCUT2D eigenvalue weighted by molar-refractivity contribution is 6.17. The molecule has 1 atom stereocenters. The highest BCUT2D eigenvalue weighted by atomic mass is 16.5. The van der Waals surface area contributed by atoms with Crippen LogP contribution in [0.3, 0.4) is 0 Å². The third-order valence-electron chi connectivity index (χ3n) is 5.76. The van der Waals surface area contributed by atoms with Crippen LogP contribution in [0.4, 0.5) is 0 Å². The molecule has 5 heteroatoms. The minimum Gasteiger partial charge on any atom is -0.493 e. The molecular weight excluding hydrogens is 380 g/mol. The van der Waals surface area contributed by atoms with Crippen LogP contribution in [0.15, 0.2) is 29.4 Å². The van der Waals surface area contributed by atoms with Gasteiger partial charge in [-0.3, -0.25) is 4.79 Å². The van der Waals surface area contributed by atoms with Crippen molar-refractivity contribution in [2.75, 3.05) is 6.61 Å². The Morgan fingerprint density at radius 1 is 1.23 bits per heavy atom. The smallest absolute Gasteiger partial charge is 0.339 e.